The largest absolute Gasteiger partial charge is 0.369 e. The lowest BCUT2D eigenvalue weighted by molar-refractivity contribution is -0.137. The Hall–Kier alpha value is -4.23. The molecule has 1 atom stereocenters. The number of amides is 3. The van der Waals surface area contributed by atoms with Crippen molar-refractivity contribution < 1.29 is 19.5 Å². The lowest BCUT2D eigenvalue weighted by Crippen LogP contribution is -2.37. The molecule has 4 N–H and O–H groups in total. The maximum Gasteiger partial charge on any atom is 0.269 e. The van der Waals surface area contributed by atoms with Crippen LogP contribution in [0.5, 0.6) is 0 Å². The van der Waals surface area contributed by atoms with Gasteiger partial charge in [-0.3, -0.25) is 14.4 Å². The van der Waals surface area contributed by atoms with E-state index >= 15 is 0 Å². The summed E-state index contributed by atoms with van der Waals surface area (Å²) in [4.78, 5) is 41.1. The van der Waals surface area contributed by atoms with Crippen molar-refractivity contribution in [2.24, 2.45) is 5.73 Å². The van der Waals surface area contributed by atoms with E-state index < -0.39 is 17.4 Å². The van der Waals surface area contributed by atoms with Gasteiger partial charge < -0.3 is 21.1 Å². The number of nitrogens with zero attached hydrogens (tertiary/aromatic N) is 4. The maximum absolute atomic E-state index is 12.1. The van der Waals surface area contributed by atoms with Gasteiger partial charge >= 0.3 is 0 Å². The van der Waals surface area contributed by atoms with Crippen LogP contribution in [0.15, 0.2) is 36.5 Å². The average molecular weight is 446 g/mol. The zero-order chi connectivity index (χ0) is 23.8. The molecule has 33 heavy (non-hydrogen) atoms. The van der Waals surface area contributed by atoms with E-state index in [4.69, 9.17) is 5.73 Å². The molecule has 4 rings (SSSR count). The van der Waals surface area contributed by atoms with Crippen LogP contribution in [0.1, 0.15) is 35.0 Å². The highest BCUT2D eigenvalue weighted by Crippen LogP contribution is 2.24. The molecule has 1 fully saturated rings. The van der Waals surface area contributed by atoms with Gasteiger partial charge in [-0.05, 0) is 29.8 Å². The first-order valence-corrected chi connectivity index (χ1v) is 10.2. The smallest absolute Gasteiger partial charge is 0.269 e. The highest BCUT2D eigenvalue weighted by Gasteiger charge is 2.42. The molecular weight excluding hydrogens is 424 g/mol. The number of aliphatic hydroxyl groups is 1. The molecule has 3 heterocycles. The number of carbonyl (C=O) groups is 3. The molecule has 1 saturated heterocycles. The van der Waals surface area contributed by atoms with Crippen molar-refractivity contribution in [1.82, 2.24) is 25.0 Å². The molecule has 0 saturated carbocycles. The van der Waals surface area contributed by atoms with Crippen LogP contribution in [0.4, 0.5) is 0 Å². The third kappa shape index (κ3) is 4.26. The number of hydrogen-bond acceptors (Lipinski definition) is 6. The summed E-state index contributed by atoms with van der Waals surface area (Å²) in [6, 6.07) is 8.61. The molecule has 0 bridgehead atoms. The molecule has 3 aromatic rings. The van der Waals surface area contributed by atoms with Gasteiger partial charge in [-0.1, -0.05) is 17.9 Å². The number of hydrogen-bond donors (Lipinski definition) is 3. The minimum atomic E-state index is -1.71. The summed E-state index contributed by atoms with van der Waals surface area (Å²) in [6.07, 6.45) is 1.76. The standard InChI is InChI=1S/C23H22N6O4/c1-14(30)26-13-16-3-4-18-17(11-16)20(21(24)31)27-29(18)19-12-15(6-9-25-19)5-7-23(33)8-10-28(2)22(23)32/h3-4,6,9,11-12,33H,8,10,13H2,1-2H3,(H2,24,31)(H,26,30). The number of carbonyl (C=O) groups excluding carboxylic acids is 3. The Morgan fingerprint density at radius 2 is 2.09 bits per heavy atom. The fourth-order valence-corrected chi connectivity index (χ4v) is 3.62. The van der Waals surface area contributed by atoms with Gasteiger partial charge in [0.2, 0.25) is 11.5 Å². The van der Waals surface area contributed by atoms with Gasteiger partial charge in [0, 0.05) is 50.6 Å². The Morgan fingerprint density at radius 3 is 2.76 bits per heavy atom. The van der Waals surface area contributed by atoms with Crippen molar-refractivity contribution in [3.63, 3.8) is 0 Å². The van der Waals surface area contributed by atoms with Crippen molar-refractivity contribution in [2.75, 3.05) is 13.6 Å². The fourth-order valence-electron chi connectivity index (χ4n) is 3.62. The van der Waals surface area contributed by atoms with Crippen LogP contribution in [-0.2, 0) is 16.1 Å². The number of benzene rings is 1. The molecule has 0 radical (unpaired) electrons. The first-order chi connectivity index (χ1) is 15.7. The Balaban J connectivity index is 1.73. The van der Waals surface area contributed by atoms with Gasteiger partial charge in [-0.2, -0.15) is 5.10 Å². The molecule has 0 spiro atoms. The molecule has 168 valence electrons. The number of fused-ring (bicyclic) bond motifs is 1. The third-order valence-corrected chi connectivity index (χ3v) is 5.40. The van der Waals surface area contributed by atoms with E-state index in [0.29, 0.717) is 35.4 Å². The van der Waals surface area contributed by atoms with Gasteiger partial charge in [0.25, 0.3) is 11.8 Å². The Bertz CT molecular complexity index is 1350. The monoisotopic (exact) mass is 446 g/mol. The van der Waals surface area contributed by atoms with Crippen LogP contribution in [0.3, 0.4) is 0 Å². The van der Waals surface area contributed by atoms with Crippen LogP contribution in [-0.4, -0.2) is 61.7 Å². The predicted octanol–water partition coefficient (Wildman–Crippen LogP) is 0.100. The summed E-state index contributed by atoms with van der Waals surface area (Å²) in [5, 5.41) is 18.1. The normalized spacial score (nSPS) is 17.7. The van der Waals surface area contributed by atoms with Crippen molar-refractivity contribution in [3.8, 4) is 17.7 Å². The molecule has 3 amide bonds. The second kappa shape index (κ2) is 8.37. The Kier molecular flexibility index (Phi) is 5.57. The second-order valence-corrected chi connectivity index (χ2v) is 7.88. The molecule has 1 aromatic carbocycles. The molecule has 0 aliphatic carbocycles. The zero-order valence-electron chi connectivity index (χ0n) is 18.1. The van der Waals surface area contributed by atoms with E-state index in [2.05, 4.69) is 27.2 Å². The van der Waals surface area contributed by atoms with Crippen molar-refractivity contribution in [2.45, 2.75) is 25.5 Å². The van der Waals surface area contributed by atoms with Crippen molar-refractivity contribution in [3.05, 3.63) is 53.3 Å². The van der Waals surface area contributed by atoms with Gasteiger partial charge in [-0.25, -0.2) is 9.67 Å². The number of pyridine rings is 1. The first-order valence-electron chi connectivity index (χ1n) is 10.2. The van der Waals surface area contributed by atoms with E-state index in [1.165, 1.54) is 22.7 Å². The molecule has 2 aromatic heterocycles. The first kappa shape index (κ1) is 22.0. The molecular formula is C23H22N6O4. The molecule has 1 unspecified atom stereocenters. The number of nitrogens with one attached hydrogen (secondary N) is 1. The van der Waals surface area contributed by atoms with Gasteiger partial charge in [0.15, 0.2) is 11.5 Å². The van der Waals surface area contributed by atoms with Gasteiger partial charge in [0.05, 0.1) is 5.52 Å². The summed E-state index contributed by atoms with van der Waals surface area (Å²) in [5.41, 5.74) is 5.80. The van der Waals surface area contributed by atoms with Gasteiger partial charge in [0.1, 0.15) is 0 Å². The lowest BCUT2D eigenvalue weighted by Gasteiger charge is -2.13. The van der Waals surface area contributed by atoms with Crippen molar-refractivity contribution in [1.29, 1.82) is 0 Å². The number of likely N-dealkylation sites (tertiary alicyclic amines) is 1. The van der Waals surface area contributed by atoms with Crippen LogP contribution < -0.4 is 11.1 Å². The quantitative estimate of drug-likeness (QED) is 0.485. The Morgan fingerprint density at radius 1 is 1.30 bits per heavy atom. The lowest BCUT2D eigenvalue weighted by atomic mass is 10.0. The number of nitrogens with two attached hydrogens (primary N) is 1. The van der Waals surface area contributed by atoms with Crippen LogP contribution >= 0.6 is 0 Å². The zero-order valence-corrected chi connectivity index (χ0v) is 18.1. The highest BCUT2D eigenvalue weighted by atomic mass is 16.3. The van der Waals surface area contributed by atoms with E-state index in [9.17, 15) is 19.5 Å². The minimum Gasteiger partial charge on any atom is -0.369 e. The number of aromatic nitrogens is 3. The van der Waals surface area contributed by atoms with Crippen LogP contribution in [0.25, 0.3) is 16.7 Å². The van der Waals surface area contributed by atoms with E-state index in [-0.39, 0.29) is 18.0 Å². The summed E-state index contributed by atoms with van der Waals surface area (Å²) in [5.74, 6) is 4.61. The summed E-state index contributed by atoms with van der Waals surface area (Å²) >= 11 is 0. The molecule has 10 heteroatoms. The molecule has 1 aliphatic rings. The van der Waals surface area contributed by atoms with Crippen molar-refractivity contribution >= 4 is 28.6 Å². The summed E-state index contributed by atoms with van der Waals surface area (Å²) in [7, 11) is 1.62. The van der Waals surface area contributed by atoms with Gasteiger partial charge in [-0.15, -0.1) is 0 Å². The van der Waals surface area contributed by atoms with E-state index in [1.54, 1.807) is 31.3 Å². The number of primary amides is 1. The summed E-state index contributed by atoms with van der Waals surface area (Å²) in [6.45, 7) is 2.16. The molecule has 10 nitrogen and oxygen atoms in total. The topological polar surface area (TPSA) is 143 Å². The SMILES string of the molecule is CC(=O)NCc1ccc2c(c1)c(C(N)=O)nn2-c1cc(C#CC2(O)CCN(C)C2=O)ccn1. The Labute approximate surface area is 189 Å². The number of likely N-dealkylation sites (N-methyl/N-ethyl adjacent to an activating group) is 1. The molecule has 1 aliphatic heterocycles. The maximum atomic E-state index is 12.1. The fraction of sp³-hybridized carbons (Fsp3) is 0.261. The average Bonchev–Trinajstić information content (AvgIpc) is 3.30. The summed E-state index contributed by atoms with van der Waals surface area (Å²) < 4.78 is 1.48. The number of rotatable bonds is 4. The van der Waals surface area contributed by atoms with Crippen LogP contribution in [0.2, 0.25) is 0 Å². The highest BCUT2D eigenvalue weighted by molar-refractivity contribution is 6.04. The van der Waals surface area contributed by atoms with E-state index in [0.717, 1.165) is 5.56 Å². The third-order valence-electron chi connectivity index (χ3n) is 5.40. The van der Waals surface area contributed by atoms with Crippen LogP contribution in [0, 0.1) is 11.8 Å². The second-order valence-electron chi connectivity index (χ2n) is 7.88. The van der Waals surface area contributed by atoms with E-state index in [1.807, 2.05) is 6.07 Å². The predicted molar refractivity (Wildman–Crippen MR) is 119 cm³/mol. The minimum absolute atomic E-state index is 0.0712.